The van der Waals surface area contributed by atoms with Gasteiger partial charge in [-0.05, 0) is 30.5 Å². The molecule has 1 N–H and O–H groups in total. The molecule has 0 saturated heterocycles. The third-order valence-electron chi connectivity index (χ3n) is 3.18. The summed E-state index contributed by atoms with van der Waals surface area (Å²) < 4.78 is 29.1. The monoisotopic (exact) mass is 333 g/mol. The van der Waals surface area contributed by atoms with Gasteiger partial charge in [0.05, 0.1) is 17.6 Å². The molecular weight excluding hydrogens is 318 g/mol. The lowest BCUT2D eigenvalue weighted by Gasteiger charge is -2.03. The fraction of sp³-hybridized carbons (Fsp3) is 0.133. The van der Waals surface area contributed by atoms with Crippen molar-refractivity contribution in [3.8, 4) is 5.69 Å². The Morgan fingerprint density at radius 1 is 1.18 bits per heavy atom. The lowest BCUT2D eigenvalue weighted by atomic mass is 10.3. The second kappa shape index (κ2) is 6.04. The van der Waals surface area contributed by atoms with E-state index in [1.54, 1.807) is 17.8 Å². The van der Waals surface area contributed by atoms with Gasteiger partial charge in [-0.3, -0.25) is 0 Å². The summed E-state index contributed by atoms with van der Waals surface area (Å²) in [6.45, 7) is 1.98. The van der Waals surface area contributed by atoms with Crippen LogP contribution in [0.5, 0.6) is 0 Å². The van der Waals surface area contributed by atoms with Crippen molar-refractivity contribution in [3.05, 3.63) is 64.6 Å². The summed E-state index contributed by atoms with van der Waals surface area (Å²) in [6.07, 6.45) is 1.54. The molecule has 0 aliphatic carbocycles. The van der Waals surface area contributed by atoms with Gasteiger partial charge in [-0.2, -0.15) is 5.10 Å². The van der Waals surface area contributed by atoms with Crippen molar-refractivity contribution < 1.29 is 8.42 Å². The summed E-state index contributed by atoms with van der Waals surface area (Å²) in [5.41, 5.74) is 1.30. The molecule has 3 rings (SSSR count). The van der Waals surface area contributed by atoms with E-state index in [4.69, 9.17) is 0 Å². The Morgan fingerprint density at radius 3 is 2.64 bits per heavy atom. The van der Waals surface area contributed by atoms with Gasteiger partial charge in [0.15, 0.2) is 0 Å². The number of aromatic nitrogens is 2. The molecule has 0 amide bonds. The molecule has 5 nitrogen and oxygen atoms in total. The smallest absolute Gasteiger partial charge is 0.239 e. The number of nitrogens with one attached hydrogen (secondary N) is 1. The highest BCUT2D eigenvalue weighted by molar-refractivity contribution is 7.89. The van der Waals surface area contributed by atoms with Crippen molar-refractivity contribution in [1.29, 1.82) is 0 Å². The van der Waals surface area contributed by atoms with Crippen LogP contribution >= 0.6 is 11.3 Å². The van der Waals surface area contributed by atoms with Crippen LogP contribution in [0.15, 0.2) is 58.9 Å². The Labute approximate surface area is 133 Å². The van der Waals surface area contributed by atoms with Crippen molar-refractivity contribution in [1.82, 2.24) is 14.5 Å². The third-order valence-corrected chi connectivity index (χ3v) is 5.56. The molecule has 0 unspecified atom stereocenters. The molecule has 7 heteroatoms. The van der Waals surface area contributed by atoms with Gasteiger partial charge in [0.25, 0.3) is 0 Å². The third kappa shape index (κ3) is 3.11. The highest BCUT2D eigenvalue weighted by Crippen LogP contribution is 2.17. The van der Waals surface area contributed by atoms with Gasteiger partial charge < -0.3 is 0 Å². The van der Waals surface area contributed by atoms with E-state index in [1.807, 2.05) is 47.8 Å². The molecule has 114 valence electrons. The Morgan fingerprint density at radius 2 is 1.95 bits per heavy atom. The molecule has 0 bridgehead atoms. The van der Waals surface area contributed by atoms with Gasteiger partial charge in [-0.15, -0.1) is 11.3 Å². The zero-order chi connectivity index (χ0) is 15.6. The molecule has 2 heterocycles. The predicted molar refractivity (Wildman–Crippen MR) is 86.6 cm³/mol. The number of benzene rings is 1. The maximum Gasteiger partial charge on any atom is 0.244 e. The van der Waals surface area contributed by atoms with Crippen LogP contribution in [0.1, 0.15) is 10.6 Å². The Balaban J connectivity index is 1.86. The van der Waals surface area contributed by atoms with Crippen LogP contribution in [0.25, 0.3) is 5.69 Å². The minimum atomic E-state index is -3.58. The van der Waals surface area contributed by atoms with Crippen molar-refractivity contribution in [3.63, 3.8) is 0 Å². The van der Waals surface area contributed by atoms with Crippen LogP contribution in [-0.2, 0) is 16.6 Å². The van der Waals surface area contributed by atoms with E-state index < -0.39 is 10.0 Å². The van der Waals surface area contributed by atoms with Crippen molar-refractivity contribution in [2.75, 3.05) is 0 Å². The van der Waals surface area contributed by atoms with Crippen molar-refractivity contribution >= 4 is 21.4 Å². The van der Waals surface area contributed by atoms with E-state index in [0.717, 1.165) is 10.6 Å². The summed E-state index contributed by atoms with van der Waals surface area (Å²) in [4.78, 5) is 1.17. The standard InChI is InChI=1S/C15H15N3O2S2/c1-12-15(11-18(17-12)13-6-3-2-4-7-13)22(19,20)16-10-14-8-5-9-21-14/h2-9,11,16H,10H2,1H3. The molecule has 2 aromatic heterocycles. The van der Waals surface area contributed by atoms with Crippen LogP contribution in [0.3, 0.4) is 0 Å². The molecule has 0 radical (unpaired) electrons. The summed E-state index contributed by atoms with van der Waals surface area (Å²) in [5, 5.41) is 6.21. The minimum Gasteiger partial charge on any atom is -0.239 e. The number of para-hydroxylation sites is 1. The number of aryl methyl sites for hydroxylation is 1. The average Bonchev–Trinajstić information content (AvgIpc) is 3.16. The van der Waals surface area contributed by atoms with Crippen LogP contribution in [0.4, 0.5) is 0 Å². The number of rotatable bonds is 5. The fourth-order valence-corrected chi connectivity index (χ4v) is 3.98. The number of thiophene rings is 1. The SMILES string of the molecule is Cc1nn(-c2ccccc2)cc1S(=O)(=O)NCc1cccs1. The highest BCUT2D eigenvalue weighted by Gasteiger charge is 2.20. The van der Waals surface area contributed by atoms with Crippen LogP contribution in [0, 0.1) is 6.92 Å². The molecule has 0 atom stereocenters. The summed E-state index contributed by atoms with van der Waals surface area (Å²) in [6, 6.07) is 13.2. The first-order chi connectivity index (χ1) is 10.6. The number of hydrogen-bond donors (Lipinski definition) is 1. The second-order valence-corrected chi connectivity index (χ2v) is 7.53. The zero-order valence-corrected chi connectivity index (χ0v) is 13.6. The topological polar surface area (TPSA) is 64.0 Å². The predicted octanol–water partition coefficient (Wildman–Crippen LogP) is 2.72. The molecule has 0 aliphatic rings. The van der Waals surface area contributed by atoms with Crippen LogP contribution in [-0.4, -0.2) is 18.2 Å². The molecule has 22 heavy (non-hydrogen) atoms. The number of sulfonamides is 1. The average molecular weight is 333 g/mol. The summed E-state index contributed by atoms with van der Waals surface area (Å²) in [7, 11) is -3.58. The molecular formula is C15H15N3O2S2. The molecule has 3 aromatic rings. The maximum absolute atomic E-state index is 12.4. The van der Waals surface area contributed by atoms with Gasteiger partial charge in [-0.1, -0.05) is 24.3 Å². The number of nitrogens with zero attached hydrogens (tertiary/aromatic N) is 2. The summed E-state index contributed by atoms with van der Waals surface area (Å²) >= 11 is 1.52. The van der Waals surface area contributed by atoms with E-state index in [2.05, 4.69) is 9.82 Å². The quantitative estimate of drug-likeness (QED) is 0.781. The van der Waals surface area contributed by atoms with Crippen LogP contribution in [0.2, 0.25) is 0 Å². The molecule has 0 saturated carbocycles. The number of hydrogen-bond acceptors (Lipinski definition) is 4. The highest BCUT2D eigenvalue weighted by atomic mass is 32.2. The summed E-state index contributed by atoms with van der Waals surface area (Å²) in [5.74, 6) is 0. The largest absolute Gasteiger partial charge is 0.244 e. The van der Waals surface area contributed by atoms with E-state index >= 15 is 0 Å². The molecule has 0 aliphatic heterocycles. The molecule has 1 aromatic carbocycles. The molecule has 0 fully saturated rings. The molecule has 0 spiro atoms. The van der Waals surface area contributed by atoms with Crippen LogP contribution < -0.4 is 4.72 Å². The van der Waals surface area contributed by atoms with E-state index in [9.17, 15) is 8.42 Å². The fourth-order valence-electron chi connectivity index (χ4n) is 2.08. The normalized spacial score (nSPS) is 11.7. The van der Waals surface area contributed by atoms with E-state index in [0.29, 0.717) is 5.69 Å². The van der Waals surface area contributed by atoms with E-state index in [1.165, 1.54) is 11.3 Å². The van der Waals surface area contributed by atoms with Gasteiger partial charge in [0.2, 0.25) is 10.0 Å². The van der Waals surface area contributed by atoms with Crippen molar-refractivity contribution in [2.45, 2.75) is 18.4 Å². The Hall–Kier alpha value is -1.96. The Bertz CT molecular complexity index is 854. The van der Waals surface area contributed by atoms with Crippen molar-refractivity contribution in [2.24, 2.45) is 0 Å². The van der Waals surface area contributed by atoms with Gasteiger partial charge in [-0.25, -0.2) is 17.8 Å². The van der Waals surface area contributed by atoms with Gasteiger partial charge >= 0.3 is 0 Å². The first-order valence-corrected chi connectivity index (χ1v) is 9.06. The Kier molecular flexibility index (Phi) is 4.10. The lowest BCUT2D eigenvalue weighted by molar-refractivity contribution is 0.581. The van der Waals surface area contributed by atoms with E-state index in [-0.39, 0.29) is 11.4 Å². The van der Waals surface area contributed by atoms with Gasteiger partial charge in [0.1, 0.15) is 4.90 Å². The lowest BCUT2D eigenvalue weighted by Crippen LogP contribution is -2.23. The first kappa shape index (κ1) is 15.0. The van der Waals surface area contributed by atoms with Gasteiger partial charge in [0, 0.05) is 11.4 Å². The second-order valence-electron chi connectivity index (χ2n) is 4.76. The maximum atomic E-state index is 12.4. The zero-order valence-electron chi connectivity index (χ0n) is 11.9. The first-order valence-electron chi connectivity index (χ1n) is 6.70. The minimum absolute atomic E-state index is 0.202.